The molecule has 4 nitrogen and oxygen atoms in total. The summed E-state index contributed by atoms with van der Waals surface area (Å²) in [5.74, 6) is 1.44. The van der Waals surface area contributed by atoms with Gasteiger partial charge in [0.2, 0.25) is 5.91 Å². The molecule has 1 aromatic rings. The molecule has 0 spiro atoms. The van der Waals surface area contributed by atoms with Crippen molar-refractivity contribution < 1.29 is 4.79 Å². The van der Waals surface area contributed by atoms with Crippen LogP contribution in [0.3, 0.4) is 0 Å². The third-order valence-corrected chi connectivity index (χ3v) is 4.72. The summed E-state index contributed by atoms with van der Waals surface area (Å²) in [6.45, 7) is 2.20. The fourth-order valence-electron chi connectivity index (χ4n) is 2.60. The normalized spacial score (nSPS) is 23.3. The first-order chi connectivity index (χ1) is 9.31. The maximum Gasteiger partial charge on any atom is 0.226 e. The van der Waals surface area contributed by atoms with Gasteiger partial charge in [-0.15, -0.1) is 11.3 Å². The number of rotatable bonds is 5. The quantitative estimate of drug-likeness (QED) is 0.871. The summed E-state index contributed by atoms with van der Waals surface area (Å²) in [6.07, 6.45) is 6.61. The molecular weight excluding hydrogens is 258 g/mol. The van der Waals surface area contributed by atoms with Crippen LogP contribution in [0.5, 0.6) is 0 Å². The number of carbonyl (C=O) groups excluding carboxylic acids is 1. The SMILES string of the molecule is O=C(CCC1CCCNC1)Nc1nc(C2CC2)cs1. The number of nitrogens with zero attached hydrogens (tertiary/aromatic N) is 1. The van der Waals surface area contributed by atoms with Crippen LogP contribution in [0.1, 0.15) is 50.1 Å². The zero-order valence-electron chi connectivity index (χ0n) is 11.2. The first kappa shape index (κ1) is 13.1. The van der Waals surface area contributed by atoms with Crippen LogP contribution in [-0.2, 0) is 4.79 Å². The number of nitrogens with one attached hydrogen (secondary N) is 2. The Morgan fingerprint density at radius 1 is 1.47 bits per heavy atom. The Bertz CT molecular complexity index is 436. The lowest BCUT2D eigenvalue weighted by Crippen LogP contribution is -2.30. The van der Waals surface area contributed by atoms with Crippen LogP contribution in [0.2, 0.25) is 0 Å². The van der Waals surface area contributed by atoms with Gasteiger partial charge in [0.1, 0.15) is 0 Å². The van der Waals surface area contributed by atoms with E-state index in [-0.39, 0.29) is 5.91 Å². The molecule has 1 aliphatic heterocycles. The minimum atomic E-state index is 0.113. The molecule has 1 aliphatic carbocycles. The maximum atomic E-state index is 11.9. The first-order valence-electron chi connectivity index (χ1n) is 7.27. The van der Waals surface area contributed by atoms with Crippen molar-refractivity contribution in [2.45, 2.75) is 44.4 Å². The predicted molar refractivity (Wildman–Crippen MR) is 77.5 cm³/mol. The molecule has 19 heavy (non-hydrogen) atoms. The van der Waals surface area contributed by atoms with Crippen LogP contribution < -0.4 is 10.6 Å². The molecule has 3 rings (SSSR count). The molecular formula is C14H21N3OS. The van der Waals surface area contributed by atoms with Crippen LogP contribution >= 0.6 is 11.3 Å². The number of hydrogen-bond donors (Lipinski definition) is 2. The van der Waals surface area contributed by atoms with E-state index in [4.69, 9.17) is 0 Å². The van der Waals surface area contributed by atoms with E-state index in [0.717, 1.165) is 30.3 Å². The Morgan fingerprint density at radius 2 is 2.37 bits per heavy atom. The lowest BCUT2D eigenvalue weighted by Gasteiger charge is -2.22. The van der Waals surface area contributed by atoms with E-state index >= 15 is 0 Å². The van der Waals surface area contributed by atoms with Crippen LogP contribution in [0, 0.1) is 5.92 Å². The average Bonchev–Trinajstić information content (AvgIpc) is 3.19. The second-order valence-electron chi connectivity index (χ2n) is 5.65. The van der Waals surface area contributed by atoms with Gasteiger partial charge < -0.3 is 10.6 Å². The van der Waals surface area contributed by atoms with E-state index in [2.05, 4.69) is 21.0 Å². The Kier molecular flexibility index (Phi) is 4.13. The third kappa shape index (κ3) is 3.76. The highest BCUT2D eigenvalue weighted by Crippen LogP contribution is 2.40. The molecule has 2 fully saturated rings. The van der Waals surface area contributed by atoms with Crippen molar-refractivity contribution in [2.24, 2.45) is 5.92 Å². The fourth-order valence-corrected chi connectivity index (χ4v) is 3.41. The smallest absolute Gasteiger partial charge is 0.226 e. The molecule has 1 aromatic heterocycles. The molecule has 1 amide bonds. The molecule has 5 heteroatoms. The number of anilines is 1. The van der Waals surface area contributed by atoms with E-state index < -0.39 is 0 Å². The first-order valence-corrected chi connectivity index (χ1v) is 8.15. The van der Waals surface area contributed by atoms with Gasteiger partial charge in [0.25, 0.3) is 0 Å². The molecule has 2 N–H and O–H groups in total. The standard InChI is InChI=1S/C14H21N3OS/c18-13(6-3-10-2-1-7-15-8-10)17-14-16-12(9-19-14)11-4-5-11/h9-11,15H,1-8H2,(H,16,17,18). The van der Waals surface area contributed by atoms with E-state index in [1.807, 2.05) is 0 Å². The van der Waals surface area contributed by atoms with E-state index in [0.29, 0.717) is 18.3 Å². The van der Waals surface area contributed by atoms with Gasteiger partial charge in [0.05, 0.1) is 5.69 Å². The number of piperidine rings is 1. The summed E-state index contributed by atoms with van der Waals surface area (Å²) in [5, 5.41) is 9.18. The summed E-state index contributed by atoms with van der Waals surface area (Å²) in [6, 6.07) is 0. The zero-order valence-corrected chi connectivity index (χ0v) is 12.0. The van der Waals surface area contributed by atoms with E-state index in [1.165, 1.54) is 25.7 Å². The summed E-state index contributed by atoms with van der Waals surface area (Å²) >= 11 is 1.55. The van der Waals surface area contributed by atoms with Gasteiger partial charge in [-0.05, 0) is 51.1 Å². The van der Waals surface area contributed by atoms with E-state index in [1.54, 1.807) is 11.3 Å². The number of carbonyl (C=O) groups is 1. The number of amides is 1. The van der Waals surface area contributed by atoms with Crippen LogP contribution in [0.15, 0.2) is 5.38 Å². The predicted octanol–water partition coefficient (Wildman–Crippen LogP) is 2.74. The minimum Gasteiger partial charge on any atom is -0.316 e. The molecule has 2 aliphatic rings. The van der Waals surface area contributed by atoms with E-state index in [9.17, 15) is 4.79 Å². The highest BCUT2D eigenvalue weighted by Gasteiger charge is 2.26. The van der Waals surface area contributed by atoms with Crippen molar-refractivity contribution in [3.05, 3.63) is 11.1 Å². The van der Waals surface area contributed by atoms with Crippen molar-refractivity contribution in [3.63, 3.8) is 0 Å². The van der Waals surface area contributed by atoms with Crippen LogP contribution in [0.4, 0.5) is 5.13 Å². The average molecular weight is 279 g/mol. The Hall–Kier alpha value is -0.940. The van der Waals surface area contributed by atoms with Crippen molar-refractivity contribution in [2.75, 3.05) is 18.4 Å². The Labute approximate surface area is 118 Å². The summed E-state index contributed by atoms with van der Waals surface area (Å²) in [5.41, 5.74) is 1.16. The molecule has 1 saturated heterocycles. The van der Waals surface area contributed by atoms with Gasteiger partial charge in [-0.2, -0.15) is 0 Å². The maximum absolute atomic E-state index is 11.9. The Balaban J connectivity index is 1.42. The largest absolute Gasteiger partial charge is 0.316 e. The summed E-state index contributed by atoms with van der Waals surface area (Å²) in [7, 11) is 0. The number of aromatic nitrogens is 1. The summed E-state index contributed by atoms with van der Waals surface area (Å²) in [4.78, 5) is 16.4. The number of hydrogen-bond acceptors (Lipinski definition) is 4. The summed E-state index contributed by atoms with van der Waals surface area (Å²) < 4.78 is 0. The Morgan fingerprint density at radius 3 is 3.11 bits per heavy atom. The third-order valence-electron chi connectivity index (χ3n) is 3.94. The molecule has 104 valence electrons. The second-order valence-corrected chi connectivity index (χ2v) is 6.51. The zero-order chi connectivity index (χ0) is 13.1. The van der Waals surface area contributed by atoms with Gasteiger partial charge in [-0.3, -0.25) is 4.79 Å². The molecule has 1 saturated carbocycles. The van der Waals surface area contributed by atoms with Gasteiger partial charge in [0, 0.05) is 17.7 Å². The molecule has 0 radical (unpaired) electrons. The highest BCUT2D eigenvalue weighted by atomic mass is 32.1. The molecule has 2 heterocycles. The van der Waals surface area contributed by atoms with Crippen molar-refractivity contribution in [1.82, 2.24) is 10.3 Å². The van der Waals surface area contributed by atoms with Gasteiger partial charge in [-0.1, -0.05) is 0 Å². The molecule has 1 unspecified atom stereocenters. The lowest BCUT2D eigenvalue weighted by atomic mass is 9.94. The second kappa shape index (κ2) is 6.01. The van der Waals surface area contributed by atoms with Crippen LogP contribution in [0.25, 0.3) is 0 Å². The highest BCUT2D eigenvalue weighted by molar-refractivity contribution is 7.13. The minimum absolute atomic E-state index is 0.113. The van der Waals surface area contributed by atoms with Gasteiger partial charge in [-0.25, -0.2) is 4.98 Å². The molecule has 0 aromatic carbocycles. The van der Waals surface area contributed by atoms with Crippen molar-refractivity contribution in [1.29, 1.82) is 0 Å². The monoisotopic (exact) mass is 279 g/mol. The van der Waals surface area contributed by atoms with Gasteiger partial charge >= 0.3 is 0 Å². The molecule has 1 atom stereocenters. The lowest BCUT2D eigenvalue weighted by molar-refractivity contribution is -0.116. The number of thiazole rings is 1. The van der Waals surface area contributed by atoms with Crippen molar-refractivity contribution >= 4 is 22.4 Å². The van der Waals surface area contributed by atoms with Gasteiger partial charge in [0.15, 0.2) is 5.13 Å². The fraction of sp³-hybridized carbons (Fsp3) is 0.714. The van der Waals surface area contributed by atoms with Crippen LogP contribution in [-0.4, -0.2) is 24.0 Å². The van der Waals surface area contributed by atoms with Crippen molar-refractivity contribution in [3.8, 4) is 0 Å². The molecule has 0 bridgehead atoms. The topological polar surface area (TPSA) is 54.0 Å².